The molecule has 1 fully saturated rings. The quantitative estimate of drug-likeness (QED) is 0.590. The highest BCUT2D eigenvalue weighted by molar-refractivity contribution is 5.79. The monoisotopic (exact) mass is 429 g/mol. The van der Waals surface area contributed by atoms with Crippen LogP contribution in [0.3, 0.4) is 0 Å². The second-order valence-corrected chi connectivity index (χ2v) is 7.98. The zero-order chi connectivity index (χ0) is 22.1. The number of amides is 3. The van der Waals surface area contributed by atoms with Crippen molar-refractivity contribution in [2.45, 2.75) is 70.9 Å². The van der Waals surface area contributed by atoms with Crippen molar-refractivity contribution in [3.8, 4) is 0 Å². The summed E-state index contributed by atoms with van der Waals surface area (Å²) < 4.78 is 40.9. The van der Waals surface area contributed by atoms with Gasteiger partial charge in [0.15, 0.2) is 0 Å². The molecule has 9 heteroatoms. The van der Waals surface area contributed by atoms with Crippen molar-refractivity contribution in [2.24, 2.45) is 5.92 Å². The summed E-state index contributed by atoms with van der Waals surface area (Å²) in [4.78, 5) is 24.4. The average molecular weight is 429 g/mol. The van der Waals surface area contributed by atoms with Crippen LogP contribution in [0.25, 0.3) is 0 Å². The lowest BCUT2D eigenvalue weighted by atomic mass is 9.85. The van der Waals surface area contributed by atoms with Crippen molar-refractivity contribution in [3.63, 3.8) is 0 Å². The van der Waals surface area contributed by atoms with E-state index in [-0.39, 0.29) is 36.5 Å². The molecule has 3 N–H and O–H groups in total. The Hall–Kier alpha value is -2.29. The van der Waals surface area contributed by atoms with Gasteiger partial charge in [-0.2, -0.15) is 13.2 Å². The number of ether oxygens (including phenoxy) is 1. The maximum atomic E-state index is 12.2. The predicted molar refractivity (Wildman–Crippen MR) is 107 cm³/mol. The van der Waals surface area contributed by atoms with E-state index in [4.69, 9.17) is 0 Å². The summed E-state index contributed by atoms with van der Waals surface area (Å²) in [5, 5.41) is 8.62. The number of hydrogen-bond acceptors (Lipinski definition) is 3. The first kappa shape index (κ1) is 24.0. The molecule has 168 valence electrons. The lowest BCUT2D eigenvalue weighted by Gasteiger charge is -2.29. The molecule has 0 aliphatic heterocycles. The van der Waals surface area contributed by atoms with Gasteiger partial charge in [-0.1, -0.05) is 30.7 Å². The van der Waals surface area contributed by atoms with Crippen molar-refractivity contribution >= 4 is 11.9 Å². The molecule has 2 atom stereocenters. The van der Waals surface area contributed by atoms with Crippen LogP contribution < -0.4 is 16.0 Å². The fourth-order valence-electron chi connectivity index (χ4n) is 3.42. The third-order valence-electron chi connectivity index (χ3n) is 4.82. The molecule has 30 heavy (non-hydrogen) atoms. The number of hydrogen-bond donors (Lipinski definition) is 3. The number of urea groups is 1. The van der Waals surface area contributed by atoms with Crippen LogP contribution in [0.5, 0.6) is 0 Å². The molecule has 2 rings (SSSR count). The van der Waals surface area contributed by atoms with Crippen molar-refractivity contribution < 1.29 is 27.5 Å². The summed E-state index contributed by atoms with van der Waals surface area (Å²) in [5.74, 6) is -0.0465. The third kappa shape index (κ3) is 9.02. The van der Waals surface area contributed by atoms with Crippen molar-refractivity contribution in [1.29, 1.82) is 0 Å². The average Bonchev–Trinajstić information content (AvgIpc) is 2.66. The molecule has 2 unspecified atom stereocenters. The molecule has 1 aliphatic rings. The summed E-state index contributed by atoms with van der Waals surface area (Å²) in [6, 6.07) is 6.56. The van der Waals surface area contributed by atoms with Gasteiger partial charge in [0.05, 0.1) is 6.61 Å². The van der Waals surface area contributed by atoms with Crippen LogP contribution in [0.15, 0.2) is 24.3 Å². The fourth-order valence-corrected chi connectivity index (χ4v) is 3.42. The largest absolute Gasteiger partial charge is 0.411 e. The zero-order valence-corrected chi connectivity index (χ0v) is 17.3. The Morgan fingerprint density at radius 3 is 2.43 bits per heavy atom. The Kier molecular flexibility index (Phi) is 8.95. The zero-order valence-electron chi connectivity index (χ0n) is 17.3. The SMILES string of the molecule is CC(C)NC(=O)C1CCCC(NC(=O)NCc2ccc(COCC(F)(F)F)cc2)C1. The van der Waals surface area contributed by atoms with E-state index in [2.05, 4.69) is 20.7 Å². The van der Waals surface area contributed by atoms with E-state index in [9.17, 15) is 22.8 Å². The molecule has 0 spiro atoms. The molecule has 1 saturated carbocycles. The van der Waals surface area contributed by atoms with E-state index in [0.717, 1.165) is 24.8 Å². The maximum absolute atomic E-state index is 12.2. The van der Waals surface area contributed by atoms with E-state index in [1.54, 1.807) is 24.3 Å². The Morgan fingerprint density at radius 2 is 1.80 bits per heavy atom. The van der Waals surface area contributed by atoms with Crippen molar-refractivity contribution in [1.82, 2.24) is 16.0 Å². The van der Waals surface area contributed by atoms with E-state index < -0.39 is 12.8 Å². The van der Waals surface area contributed by atoms with E-state index in [1.165, 1.54) is 0 Å². The van der Waals surface area contributed by atoms with Gasteiger partial charge in [0.1, 0.15) is 6.61 Å². The second kappa shape index (κ2) is 11.2. The number of benzene rings is 1. The van der Waals surface area contributed by atoms with Gasteiger partial charge in [-0.25, -0.2) is 4.79 Å². The Bertz CT molecular complexity index is 693. The van der Waals surface area contributed by atoms with Gasteiger partial charge in [-0.05, 0) is 44.2 Å². The molecule has 1 aliphatic carbocycles. The van der Waals surface area contributed by atoms with E-state index >= 15 is 0 Å². The topological polar surface area (TPSA) is 79.5 Å². The molecule has 1 aromatic rings. The first-order chi connectivity index (χ1) is 14.1. The first-order valence-electron chi connectivity index (χ1n) is 10.2. The highest BCUT2D eigenvalue weighted by atomic mass is 19.4. The summed E-state index contributed by atoms with van der Waals surface area (Å²) in [5.41, 5.74) is 1.45. The molecule has 3 amide bonds. The Morgan fingerprint density at radius 1 is 1.13 bits per heavy atom. The normalized spacial score (nSPS) is 19.4. The minimum absolute atomic E-state index is 0.0382. The van der Waals surface area contributed by atoms with Gasteiger partial charge in [0.2, 0.25) is 5.91 Å². The van der Waals surface area contributed by atoms with Crippen LogP contribution in [-0.2, 0) is 22.7 Å². The fraction of sp³-hybridized carbons (Fsp3) is 0.619. The molecule has 0 radical (unpaired) electrons. The lowest BCUT2D eigenvalue weighted by Crippen LogP contribution is -2.46. The number of nitrogens with one attached hydrogen (secondary N) is 3. The number of alkyl halides is 3. The maximum Gasteiger partial charge on any atom is 0.411 e. The van der Waals surface area contributed by atoms with Gasteiger partial charge in [0, 0.05) is 24.5 Å². The van der Waals surface area contributed by atoms with Crippen LogP contribution in [0.4, 0.5) is 18.0 Å². The molecular formula is C21H30F3N3O3. The molecule has 0 heterocycles. The van der Waals surface area contributed by atoms with Gasteiger partial charge in [0.25, 0.3) is 0 Å². The minimum Gasteiger partial charge on any atom is -0.367 e. The number of halogens is 3. The van der Waals surface area contributed by atoms with Gasteiger partial charge < -0.3 is 20.7 Å². The van der Waals surface area contributed by atoms with Crippen LogP contribution in [0.1, 0.15) is 50.7 Å². The number of carbonyl (C=O) groups excluding carboxylic acids is 2. The predicted octanol–water partition coefficient (Wildman–Crippen LogP) is 3.65. The summed E-state index contributed by atoms with van der Waals surface area (Å²) >= 11 is 0. The number of carbonyl (C=O) groups is 2. The smallest absolute Gasteiger partial charge is 0.367 e. The molecule has 0 bridgehead atoms. The van der Waals surface area contributed by atoms with Gasteiger partial charge >= 0.3 is 12.2 Å². The minimum atomic E-state index is -4.34. The highest BCUT2D eigenvalue weighted by Gasteiger charge is 2.28. The van der Waals surface area contributed by atoms with E-state index in [0.29, 0.717) is 18.5 Å². The van der Waals surface area contributed by atoms with Crippen LogP contribution in [-0.4, -0.2) is 36.8 Å². The molecular weight excluding hydrogens is 399 g/mol. The summed E-state index contributed by atoms with van der Waals surface area (Å²) in [6.45, 7) is 2.73. The lowest BCUT2D eigenvalue weighted by molar-refractivity contribution is -0.176. The highest BCUT2D eigenvalue weighted by Crippen LogP contribution is 2.24. The standard InChI is InChI=1S/C21H30F3N3O3/c1-14(2)26-19(28)17-4-3-5-18(10-17)27-20(29)25-11-15-6-8-16(9-7-15)12-30-13-21(22,23)24/h6-9,14,17-18H,3-5,10-13H2,1-2H3,(H,26,28)(H2,25,27,29). The summed E-state index contributed by atoms with van der Waals surface area (Å²) in [7, 11) is 0. The van der Waals surface area contributed by atoms with Crippen molar-refractivity contribution in [2.75, 3.05) is 6.61 Å². The third-order valence-corrected chi connectivity index (χ3v) is 4.82. The second-order valence-electron chi connectivity index (χ2n) is 7.98. The summed E-state index contributed by atoms with van der Waals surface area (Å²) in [6.07, 6.45) is -1.16. The molecule has 0 saturated heterocycles. The van der Waals surface area contributed by atoms with Gasteiger partial charge in [-0.3, -0.25) is 4.79 Å². The van der Waals surface area contributed by atoms with Gasteiger partial charge in [-0.15, -0.1) is 0 Å². The van der Waals surface area contributed by atoms with Crippen LogP contribution >= 0.6 is 0 Å². The first-order valence-corrected chi connectivity index (χ1v) is 10.2. The Balaban J connectivity index is 1.72. The van der Waals surface area contributed by atoms with Crippen molar-refractivity contribution in [3.05, 3.63) is 35.4 Å². The molecule has 1 aromatic carbocycles. The molecule has 6 nitrogen and oxygen atoms in total. The number of rotatable bonds is 8. The Labute approximate surface area is 174 Å². The van der Waals surface area contributed by atoms with Crippen LogP contribution in [0, 0.1) is 5.92 Å². The van der Waals surface area contributed by atoms with E-state index in [1.807, 2.05) is 13.8 Å². The van der Waals surface area contributed by atoms with Crippen LogP contribution in [0.2, 0.25) is 0 Å². The molecule has 0 aromatic heterocycles.